The fraction of sp³-hybridized carbons (Fsp3) is 0.562. The van der Waals surface area contributed by atoms with Crippen molar-refractivity contribution in [1.29, 1.82) is 0 Å². The molecule has 1 amide bonds. The average molecular weight is 311 g/mol. The third-order valence-corrected chi connectivity index (χ3v) is 4.59. The van der Waals surface area contributed by atoms with Crippen molar-refractivity contribution in [1.82, 2.24) is 4.90 Å². The summed E-state index contributed by atoms with van der Waals surface area (Å²) in [6.45, 7) is 4.89. The van der Waals surface area contributed by atoms with Crippen LogP contribution in [0.4, 0.5) is 0 Å². The largest absolute Gasteiger partial charge is 0.492 e. The van der Waals surface area contributed by atoms with Gasteiger partial charge in [-0.05, 0) is 36.4 Å². The van der Waals surface area contributed by atoms with Gasteiger partial charge in [-0.15, -0.1) is 12.4 Å². The number of halogens is 1. The zero-order chi connectivity index (χ0) is 14.2. The number of para-hydroxylation sites is 1. The fourth-order valence-electron chi connectivity index (χ4n) is 3.12. The molecular weight excluding hydrogens is 288 g/mol. The Kier molecular flexibility index (Phi) is 4.79. The molecule has 2 heterocycles. The van der Waals surface area contributed by atoms with Crippen LogP contribution in [-0.2, 0) is 11.2 Å². The molecule has 2 aliphatic rings. The molecule has 0 saturated carbocycles. The smallest absolute Gasteiger partial charge is 0.229 e. The van der Waals surface area contributed by atoms with E-state index >= 15 is 0 Å². The van der Waals surface area contributed by atoms with Crippen LogP contribution in [0.3, 0.4) is 0 Å². The van der Waals surface area contributed by atoms with Crippen molar-refractivity contribution in [3.63, 3.8) is 0 Å². The van der Waals surface area contributed by atoms with Crippen molar-refractivity contribution in [3.05, 3.63) is 29.8 Å². The normalized spacial score (nSPS) is 27.5. The van der Waals surface area contributed by atoms with E-state index in [1.807, 2.05) is 29.2 Å². The standard InChI is InChI=1S/C16H22N2O2.ClH/c1-16(10-17)6-7-18(11-16)15(19)13-8-12-4-2-3-5-14(12)20-9-13;/h2-5,13H,6-11,17H2,1H3;1H. The van der Waals surface area contributed by atoms with Crippen molar-refractivity contribution in [2.45, 2.75) is 19.8 Å². The molecule has 0 aliphatic carbocycles. The van der Waals surface area contributed by atoms with E-state index in [2.05, 4.69) is 6.92 Å². The minimum absolute atomic E-state index is 0. The summed E-state index contributed by atoms with van der Waals surface area (Å²) < 4.78 is 5.72. The first-order chi connectivity index (χ1) is 9.61. The molecule has 1 fully saturated rings. The van der Waals surface area contributed by atoms with Crippen LogP contribution in [0.15, 0.2) is 24.3 Å². The Hall–Kier alpha value is -1.26. The van der Waals surface area contributed by atoms with Crippen molar-refractivity contribution in [3.8, 4) is 5.75 Å². The van der Waals surface area contributed by atoms with Gasteiger partial charge in [0.15, 0.2) is 0 Å². The highest BCUT2D eigenvalue weighted by molar-refractivity contribution is 5.85. The van der Waals surface area contributed by atoms with Crippen LogP contribution in [0.1, 0.15) is 18.9 Å². The van der Waals surface area contributed by atoms with Crippen molar-refractivity contribution in [2.75, 3.05) is 26.2 Å². The molecule has 2 atom stereocenters. The predicted octanol–water partition coefficient (Wildman–Crippen LogP) is 1.86. The molecule has 0 aromatic heterocycles. The van der Waals surface area contributed by atoms with Crippen LogP contribution in [-0.4, -0.2) is 37.0 Å². The van der Waals surface area contributed by atoms with E-state index in [4.69, 9.17) is 10.5 Å². The van der Waals surface area contributed by atoms with Crippen LogP contribution in [0, 0.1) is 11.3 Å². The van der Waals surface area contributed by atoms with E-state index in [0.29, 0.717) is 13.2 Å². The maximum absolute atomic E-state index is 12.6. The maximum atomic E-state index is 12.6. The number of likely N-dealkylation sites (tertiary alicyclic amines) is 1. The Balaban J connectivity index is 0.00000161. The number of nitrogens with two attached hydrogens (primary N) is 1. The van der Waals surface area contributed by atoms with Crippen molar-refractivity contribution >= 4 is 18.3 Å². The second-order valence-electron chi connectivity index (χ2n) is 6.34. The summed E-state index contributed by atoms with van der Waals surface area (Å²) in [5.74, 6) is 1.09. The second kappa shape index (κ2) is 6.24. The highest BCUT2D eigenvalue weighted by atomic mass is 35.5. The highest BCUT2D eigenvalue weighted by Crippen LogP contribution is 2.32. The molecule has 2 aliphatic heterocycles. The molecule has 0 bridgehead atoms. The summed E-state index contributed by atoms with van der Waals surface area (Å²) in [6.07, 6.45) is 1.78. The SMILES string of the molecule is CC1(CN)CCN(C(=O)C2COc3ccccc3C2)C1.Cl. The van der Waals surface area contributed by atoms with Crippen LogP contribution in [0.2, 0.25) is 0 Å². The van der Waals surface area contributed by atoms with Gasteiger partial charge in [-0.2, -0.15) is 0 Å². The predicted molar refractivity (Wildman–Crippen MR) is 84.7 cm³/mol. The molecule has 0 spiro atoms. The van der Waals surface area contributed by atoms with Crippen LogP contribution < -0.4 is 10.5 Å². The fourth-order valence-corrected chi connectivity index (χ4v) is 3.12. The lowest BCUT2D eigenvalue weighted by Crippen LogP contribution is -2.41. The lowest BCUT2D eigenvalue weighted by molar-refractivity contribution is -0.136. The summed E-state index contributed by atoms with van der Waals surface area (Å²) in [6, 6.07) is 7.98. The Morgan fingerprint density at radius 2 is 2.24 bits per heavy atom. The third kappa shape index (κ3) is 3.16. The summed E-state index contributed by atoms with van der Waals surface area (Å²) in [7, 11) is 0. The first-order valence-electron chi connectivity index (χ1n) is 7.31. The Morgan fingerprint density at radius 3 is 2.95 bits per heavy atom. The van der Waals surface area contributed by atoms with Gasteiger partial charge in [0.05, 0.1) is 5.92 Å². The van der Waals surface area contributed by atoms with Gasteiger partial charge in [0.25, 0.3) is 0 Å². The third-order valence-electron chi connectivity index (χ3n) is 4.59. The summed E-state index contributed by atoms with van der Waals surface area (Å²) in [4.78, 5) is 14.6. The lowest BCUT2D eigenvalue weighted by atomic mass is 9.90. The molecule has 2 unspecified atom stereocenters. The summed E-state index contributed by atoms with van der Waals surface area (Å²) in [5, 5.41) is 0. The number of carbonyl (C=O) groups is 1. The van der Waals surface area contributed by atoms with E-state index in [9.17, 15) is 4.79 Å². The number of fused-ring (bicyclic) bond motifs is 1. The molecular formula is C16H23ClN2O2. The molecule has 3 rings (SSSR count). The van der Waals surface area contributed by atoms with Gasteiger partial charge < -0.3 is 15.4 Å². The van der Waals surface area contributed by atoms with E-state index in [1.54, 1.807) is 0 Å². The molecule has 2 N–H and O–H groups in total. The summed E-state index contributed by atoms with van der Waals surface area (Å²) >= 11 is 0. The minimum atomic E-state index is -0.0509. The molecule has 0 radical (unpaired) electrons. The number of ether oxygens (including phenoxy) is 1. The lowest BCUT2D eigenvalue weighted by Gasteiger charge is -2.29. The van der Waals surface area contributed by atoms with Crippen molar-refractivity contribution < 1.29 is 9.53 Å². The van der Waals surface area contributed by atoms with E-state index in [-0.39, 0.29) is 29.6 Å². The maximum Gasteiger partial charge on any atom is 0.229 e. The van der Waals surface area contributed by atoms with Gasteiger partial charge in [0.2, 0.25) is 5.91 Å². The molecule has 5 heteroatoms. The van der Waals surface area contributed by atoms with Gasteiger partial charge in [0.1, 0.15) is 12.4 Å². The Morgan fingerprint density at radius 1 is 1.48 bits per heavy atom. The van der Waals surface area contributed by atoms with Crippen LogP contribution >= 0.6 is 12.4 Å². The second-order valence-corrected chi connectivity index (χ2v) is 6.34. The van der Waals surface area contributed by atoms with Crippen LogP contribution in [0.25, 0.3) is 0 Å². The average Bonchev–Trinajstić information content (AvgIpc) is 2.89. The zero-order valence-corrected chi connectivity index (χ0v) is 13.2. The monoisotopic (exact) mass is 310 g/mol. The van der Waals surface area contributed by atoms with E-state index in [0.717, 1.165) is 37.2 Å². The quantitative estimate of drug-likeness (QED) is 0.907. The number of rotatable bonds is 2. The van der Waals surface area contributed by atoms with Gasteiger partial charge in [-0.25, -0.2) is 0 Å². The van der Waals surface area contributed by atoms with Crippen LogP contribution in [0.5, 0.6) is 5.75 Å². The van der Waals surface area contributed by atoms with Crippen molar-refractivity contribution in [2.24, 2.45) is 17.1 Å². The van der Waals surface area contributed by atoms with Gasteiger partial charge in [-0.3, -0.25) is 4.79 Å². The van der Waals surface area contributed by atoms with Gasteiger partial charge in [-0.1, -0.05) is 25.1 Å². The number of benzene rings is 1. The molecule has 116 valence electrons. The molecule has 1 aromatic rings. The molecule has 21 heavy (non-hydrogen) atoms. The number of hydrogen-bond donors (Lipinski definition) is 1. The number of carbonyl (C=O) groups excluding carboxylic acids is 1. The molecule has 1 saturated heterocycles. The topological polar surface area (TPSA) is 55.6 Å². The number of amides is 1. The van der Waals surface area contributed by atoms with Gasteiger partial charge in [0, 0.05) is 13.1 Å². The Bertz CT molecular complexity index is 523. The summed E-state index contributed by atoms with van der Waals surface area (Å²) in [5.41, 5.74) is 7.03. The zero-order valence-electron chi connectivity index (χ0n) is 12.4. The van der Waals surface area contributed by atoms with E-state index in [1.165, 1.54) is 0 Å². The number of hydrogen-bond acceptors (Lipinski definition) is 3. The minimum Gasteiger partial charge on any atom is -0.492 e. The first kappa shape index (κ1) is 16.1. The Labute approximate surface area is 132 Å². The number of nitrogens with zero attached hydrogens (tertiary/aromatic N) is 1. The molecule has 1 aromatic carbocycles. The molecule has 4 nitrogen and oxygen atoms in total. The van der Waals surface area contributed by atoms with E-state index < -0.39 is 0 Å². The highest BCUT2D eigenvalue weighted by Gasteiger charge is 2.38. The van der Waals surface area contributed by atoms with Gasteiger partial charge >= 0.3 is 0 Å². The first-order valence-corrected chi connectivity index (χ1v) is 7.31.